The highest BCUT2D eigenvalue weighted by atomic mass is 15.2. The molecule has 0 unspecified atom stereocenters. The fourth-order valence-corrected chi connectivity index (χ4v) is 2.83. The first-order valence-electron chi connectivity index (χ1n) is 8.52. The molecule has 0 aliphatic carbocycles. The molecule has 0 atom stereocenters. The molecule has 1 aliphatic heterocycles. The number of nitrogens with one attached hydrogen (secondary N) is 2. The van der Waals surface area contributed by atoms with Crippen LogP contribution in [0.1, 0.15) is 39.2 Å². The van der Waals surface area contributed by atoms with Gasteiger partial charge in [-0.3, -0.25) is 0 Å². The van der Waals surface area contributed by atoms with Crippen molar-refractivity contribution >= 4 is 5.96 Å². The molecular weight excluding hydrogens is 272 g/mol. The normalized spacial score (nSPS) is 17.7. The minimum atomic E-state index is 0.531. The van der Waals surface area contributed by atoms with Gasteiger partial charge in [0.2, 0.25) is 0 Å². The second kappa shape index (κ2) is 8.79. The first-order chi connectivity index (χ1) is 10.7. The molecule has 1 saturated heterocycles. The maximum atomic E-state index is 4.71. The standard InChI is InChI=1S/C18H30N4/c1-4-19-18(20-14-16-8-6-5-7-9-16)21-17-10-12-22(13-11-17)15(2)3/h5-9,15,17H,4,10-14H2,1-3H3,(H2,19,20,21). The summed E-state index contributed by atoms with van der Waals surface area (Å²) in [6.45, 7) is 10.6. The molecule has 1 aliphatic rings. The molecule has 1 aromatic carbocycles. The van der Waals surface area contributed by atoms with E-state index < -0.39 is 0 Å². The average molecular weight is 302 g/mol. The van der Waals surface area contributed by atoms with E-state index in [9.17, 15) is 0 Å². The smallest absolute Gasteiger partial charge is 0.191 e. The summed E-state index contributed by atoms with van der Waals surface area (Å²) in [5.41, 5.74) is 1.24. The number of hydrogen-bond donors (Lipinski definition) is 2. The minimum absolute atomic E-state index is 0.531. The molecule has 1 fully saturated rings. The highest BCUT2D eigenvalue weighted by molar-refractivity contribution is 5.80. The van der Waals surface area contributed by atoms with Gasteiger partial charge >= 0.3 is 0 Å². The van der Waals surface area contributed by atoms with E-state index in [1.807, 2.05) is 6.07 Å². The minimum Gasteiger partial charge on any atom is -0.357 e. The van der Waals surface area contributed by atoms with E-state index in [0.29, 0.717) is 12.1 Å². The molecule has 2 rings (SSSR count). The number of nitrogens with zero attached hydrogens (tertiary/aromatic N) is 2. The Balaban J connectivity index is 1.86. The van der Waals surface area contributed by atoms with E-state index >= 15 is 0 Å². The van der Waals surface area contributed by atoms with Gasteiger partial charge in [-0.2, -0.15) is 0 Å². The Morgan fingerprint density at radius 1 is 1.23 bits per heavy atom. The van der Waals surface area contributed by atoms with Gasteiger partial charge in [-0.25, -0.2) is 4.99 Å². The SMILES string of the molecule is CCNC(=NCc1ccccc1)NC1CCN(C(C)C)CC1. The summed E-state index contributed by atoms with van der Waals surface area (Å²) in [5, 5.41) is 6.96. The van der Waals surface area contributed by atoms with E-state index in [-0.39, 0.29) is 0 Å². The number of guanidine groups is 1. The van der Waals surface area contributed by atoms with Crippen LogP contribution < -0.4 is 10.6 Å². The van der Waals surface area contributed by atoms with Crippen molar-refractivity contribution in [1.29, 1.82) is 0 Å². The van der Waals surface area contributed by atoms with Gasteiger partial charge in [-0.05, 0) is 39.2 Å². The number of rotatable bonds is 5. The third-order valence-corrected chi connectivity index (χ3v) is 4.21. The van der Waals surface area contributed by atoms with Crippen molar-refractivity contribution in [2.24, 2.45) is 4.99 Å². The van der Waals surface area contributed by atoms with Crippen molar-refractivity contribution in [2.45, 2.75) is 52.2 Å². The van der Waals surface area contributed by atoms with Crippen LogP contribution in [0.3, 0.4) is 0 Å². The summed E-state index contributed by atoms with van der Waals surface area (Å²) in [6, 6.07) is 11.6. The zero-order valence-electron chi connectivity index (χ0n) is 14.2. The Kier molecular flexibility index (Phi) is 6.72. The highest BCUT2D eigenvalue weighted by Gasteiger charge is 2.21. The molecule has 2 N–H and O–H groups in total. The van der Waals surface area contributed by atoms with E-state index in [2.05, 4.69) is 60.6 Å². The topological polar surface area (TPSA) is 39.7 Å². The van der Waals surface area contributed by atoms with Gasteiger partial charge in [-0.1, -0.05) is 30.3 Å². The Morgan fingerprint density at radius 3 is 2.50 bits per heavy atom. The maximum Gasteiger partial charge on any atom is 0.191 e. The van der Waals surface area contributed by atoms with Gasteiger partial charge in [0.25, 0.3) is 0 Å². The molecule has 0 amide bonds. The Hall–Kier alpha value is -1.55. The van der Waals surface area contributed by atoms with Crippen LogP contribution in [0.2, 0.25) is 0 Å². The monoisotopic (exact) mass is 302 g/mol. The van der Waals surface area contributed by atoms with Crippen molar-refractivity contribution in [2.75, 3.05) is 19.6 Å². The van der Waals surface area contributed by atoms with E-state index in [1.54, 1.807) is 0 Å². The summed E-state index contributed by atoms with van der Waals surface area (Å²) in [6.07, 6.45) is 2.38. The van der Waals surface area contributed by atoms with Crippen LogP contribution >= 0.6 is 0 Å². The van der Waals surface area contributed by atoms with Gasteiger partial charge in [0, 0.05) is 31.7 Å². The lowest BCUT2D eigenvalue weighted by Crippen LogP contribution is -2.49. The molecule has 1 heterocycles. The molecule has 0 spiro atoms. The predicted molar refractivity (Wildman–Crippen MR) is 94.1 cm³/mol. The van der Waals surface area contributed by atoms with Gasteiger partial charge in [0.15, 0.2) is 5.96 Å². The molecule has 0 saturated carbocycles. The third kappa shape index (κ3) is 5.34. The van der Waals surface area contributed by atoms with Gasteiger partial charge in [0.05, 0.1) is 6.54 Å². The molecule has 0 aromatic heterocycles. The highest BCUT2D eigenvalue weighted by Crippen LogP contribution is 2.12. The molecular formula is C18H30N4. The van der Waals surface area contributed by atoms with Crippen molar-refractivity contribution in [1.82, 2.24) is 15.5 Å². The number of aliphatic imine (C=N–C) groups is 1. The van der Waals surface area contributed by atoms with Gasteiger partial charge in [0.1, 0.15) is 0 Å². The van der Waals surface area contributed by atoms with Crippen LogP contribution in [-0.2, 0) is 6.54 Å². The Morgan fingerprint density at radius 2 is 1.91 bits per heavy atom. The van der Waals surface area contributed by atoms with E-state index in [1.165, 1.54) is 31.5 Å². The first kappa shape index (κ1) is 16.8. The molecule has 22 heavy (non-hydrogen) atoms. The van der Waals surface area contributed by atoms with Gasteiger partial charge < -0.3 is 15.5 Å². The van der Waals surface area contributed by atoms with Crippen molar-refractivity contribution in [3.8, 4) is 0 Å². The van der Waals surface area contributed by atoms with Crippen LogP contribution in [-0.4, -0.2) is 42.6 Å². The predicted octanol–water partition coefficient (Wildman–Crippen LogP) is 2.61. The van der Waals surface area contributed by atoms with Crippen LogP contribution in [0.15, 0.2) is 35.3 Å². The lowest BCUT2D eigenvalue weighted by molar-refractivity contribution is 0.167. The third-order valence-electron chi connectivity index (χ3n) is 4.21. The average Bonchev–Trinajstić information content (AvgIpc) is 2.54. The summed E-state index contributed by atoms with van der Waals surface area (Å²) >= 11 is 0. The zero-order chi connectivity index (χ0) is 15.8. The fraction of sp³-hybridized carbons (Fsp3) is 0.611. The van der Waals surface area contributed by atoms with Crippen LogP contribution in [0.4, 0.5) is 0 Å². The number of benzene rings is 1. The molecule has 122 valence electrons. The molecule has 1 aromatic rings. The quantitative estimate of drug-likeness (QED) is 0.649. The van der Waals surface area contributed by atoms with Crippen molar-refractivity contribution in [3.63, 3.8) is 0 Å². The first-order valence-corrected chi connectivity index (χ1v) is 8.52. The summed E-state index contributed by atoms with van der Waals surface area (Å²) in [7, 11) is 0. The number of piperidine rings is 1. The van der Waals surface area contributed by atoms with Crippen molar-refractivity contribution in [3.05, 3.63) is 35.9 Å². The summed E-state index contributed by atoms with van der Waals surface area (Å²) in [4.78, 5) is 7.26. The molecule has 4 nitrogen and oxygen atoms in total. The van der Waals surface area contributed by atoms with Gasteiger partial charge in [-0.15, -0.1) is 0 Å². The number of likely N-dealkylation sites (tertiary alicyclic amines) is 1. The summed E-state index contributed by atoms with van der Waals surface area (Å²) < 4.78 is 0. The molecule has 0 bridgehead atoms. The largest absolute Gasteiger partial charge is 0.357 e. The lowest BCUT2D eigenvalue weighted by Gasteiger charge is -2.35. The zero-order valence-corrected chi connectivity index (χ0v) is 14.2. The fourth-order valence-electron chi connectivity index (χ4n) is 2.83. The maximum absolute atomic E-state index is 4.71. The lowest BCUT2D eigenvalue weighted by atomic mass is 10.0. The van der Waals surface area contributed by atoms with Crippen LogP contribution in [0, 0.1) is 0 Å². The van der Waals surface area contributed by atoms with E-state index in [0.717, 1.165) is 19.0 Å². The van der Waals surface area contributed by atoms with Crippen LogP contribution in [0.5, 0.6) is 0 Å². The molecule has 0 radical (unpaired) electrons. The Bertz CT molecular complexity index is 447. The Labute approximate surface area is 135 Å². The second-order valence-electron chi connectivity index (χ2n) is 6.23. The van der Waals surface area contributed by atoms with Crippen molar-refractivity contribution < 1.29 is 0 Å². The second-order valence-corrected chi connectivity index (χ2v) is 6.23. The van der Waals surface area contributed by atoms with Crippen LogP contribution in [0.25, 0.3) is 0 Å². The molecule has 4 heteroatoms. The van der Waals surface area contributed by atoms with E-state index in [4.69, 9.17) is 4.99 Å². The number of hydrogen-bond acceptors (Lipinski definition) is 2. The summed E-state index contributed by atoms with van der Waals surface area (Å²) in [5.74, 6) is 0.939.